The first-order valence-corrected chi connectivity index (χ1v) is 11.6. The van der Waals surface area contributed by atoms with Crippen molar-refractivity contribution in [2.75, 3.05) is 19.7 Å². The summed E-state index contributed by atoms with van der Waals surface area (Å²) in [7, 11) is 0. The molecule has 1 saturated carbocycles. The molecule has 0 spiro atoms. The Morgan fingerprint density at radius 2 is 1.72 bits per heavy atom. The molecule has 0 radical (unpaired) electrons. The van der Waals surface area contributed by atoms with Gasteiger partial charge in [-0.3, -0.25) is 4.79 Å². The summed E-state index contributed by atoms with van der Waals surface area (Å²) < 4.78 is 12.0. The maximum Gasteiger partial charge on any atom is 0.311 e. The highest BCUT2D eigenvalue weighted by molar-refractivity contribution is 5.89. The Bertz CT molecular complexity index is 1030. The fraction of sp³-hybridized carbons (Fsp3) is 0.423. The highest BCUT2D eigenvalue weighted by Crippen LogP contribution is 2.45. The summed E-state index contributed by atoms with van der Waals surface area (Å²) in [5, 5.41) is 8.55. The van der Waals surface area contributed by atoms with Crippen LogP contribution < -0.4 is 4.74 Å². The summed E-state index contributed by atoms with van der Waals surface area (Å²) in [5.41, 5.74) is 0.914. The lowest BCUT2D eigenvalue weighted by Gasteiger charge is -2.31. The quantitative estimate of drug-likeness (QED) is 0.557. The van der Waals surface area contributed by atoms with Crippen molar-refractivity contribution in [1.82, 2.24) is 15.1 Å². The minimum atomic E-state index is -0.277. The van der Waals surface area contributed by atoms with Gasteiger partial charge < -0.3 is 14.1 Å². The molecule has 0 N–H and O–H groups in total. The third kappa shape index (κ3) is 4.14. The molecule has 1 aliphatic heterocycles. The smallest absolute Gasteiger partial charge is 0.311 e. The largest absolute Gasteiger partial charge is 0.493 e. The van der Waals surface area contributed by atoms with E-state index in [-0.39, 0.29) is 17.2 Å². The van der Waals surface area contributed by atoms with Gasteiger partial charge in [0.2, 0.25) is 5.89 Å². The number of amides is 1. The molecule has 0 bridgehead atoms. The number of benzene rings is 2. The van der Waals surface area contributed by atoms with Crippen LogP contribution >= 0.6 is 0 Å². The zero-order chi connectivity index (χ0) is 21.8. The number of hydrogen-bond acceptors (Lipinski definition) is 5. The lowest BCUT2D eigenvalue weighted by atomic mass is 9.79. The number of rotatable bonds is 6. The molecule has 32 heavy (non-hydrogen) atoms. The van der Waals surface area contributed by atoms with Crippen molar-refractivity contribution in [2.24, 2.45) is 5.92 Å². The van der Waals surface area contributed by atoms with Gasteiger partial charge in [-0.2, -0.15) is 0 Å². The number of ether oxygens (including phenoxy) is 1. The summed E-state index contributed by atoms with van der Waals surface area (Å²) in [6, 6.07) is 20.2. The van der Waals surface area contributed by atoms with Crippen molar-refractivity contribution in [1.29, 1.82) is 0 Å². The fourth-order valence-electron chi connectivity index (χ4n) is 5.12. The molecule has 1 atom stereocenters. The van der Waals surface area contributed by atoms with E-state index in [9.17, 15) is 4.79 Å². The molecule has 3 aromatic rings. The summed E-state index contributed by atoms with van der Waals surface area (Å²) in [4.78, 5) is 15.0. The molecule has 1 unspecified atom stereocenters. The van der Waals surface area contributed by atoms with Crippen molar-refractivity contribution in [2.45, 2.75) is 43.9 Å². The van der Waals surface area contributed by atoms with Gasteiger partial charge in [0.15, 0.2) is 0 Å². The van der Waals surface area contributed by atoms with Gasteiger partial charge >= 0.3 is 11.8 Å². The van der Waals surface area contributed by atoms with Crippen LogP contribution in [0.1, 0.15) is 60.7 Å². The second kappa shape index (κ2) is 9.15. The van der Waals surface area contributed by atoms with Crippen LogP contribution in [0.25, 0.3) is 0 Å². The lowest BCUT2D eigenvalue weighted by Crippen LogP contribution is -2.41. The third-order valence-corrected chi connectivity index (χ3v) is 6.84. The number of piperidine rings is 1. The number of aromatic nitrogens is 2. The second-order valence-corrected chi connectivity index (χ2v) is 8.95. The van der Waals surface area contributed by atoms with E-state index in [1.165, 1.54) is 5.56 Å². The van der Waals surface area contributed by atoms with Gasteiger partial charge in [0.05, 0.1) is 12.0 Å². The average molecular weight is 432 g/mol. The van der Waals surface area contributed by atoms with Crippen molar-refractivity contribution in [3.8, 4) is 5.75 Å². The number of para-hydroxylation sites is 1. The monoisotopic (exact) mass is 431 g/mol. The Kier molecular flexibility index (Phi) is 5.93. The summed E-state index contributed by atoms with van der Waals surface area (Å²) in [6.45, 7) is 1.95. The normalized spacial score (nSPS) is 20.2. The molecule has 166 valence electrons. The van der Waals surface area contributed by atoms with Crippen LogP contribution in [-0.2, 0) is 5.41 Å². The van der Waals surface area contributed by atoms with E-state index in [0.717, 1.165) is 44.3 Å². The van der Waals surface area contributed by atoms with E-state index in [2.05, 4.69) is 22.3 Å². The molecule has 2 fully saturated rings. The summed E-state index contributed by atoms with van der Waals surface area (Å²) in [5.74, 6) is 1.66. The van der Waals surface area contributed by atoms with Gasteiger partial charge in [0.1, 0.15) is 5.75 Å². The molecule has 1 aromatic heterocycles. The van der Waals surface area contributed by atoms with Gasteiger partial charge in [-0.05, 0) is 43.4 Å². The van der Waals surface area contributed by atoms with Crippen molar-refractivity contribution in [3.63, 3.8) is 0 Å². The minimum Gasteiger partial charge on any atom is -0.493 e. The highest BCUT2D eigenvalue weighted by atomic mass is 16.5. The van der Waals surface area contributed by atoms with Gasteiger partial charge in [-0.15, -0.1) is 10.2 Å². The molecular weight excluding hydrogens is 402 g/mol. The minimum absolute atomic E-state index is 0.104. The molecule has 1 amide bonds. The Labute approximate surface area is 188 Å². The van der Waals surface area contributed by atoms with E-state index in [0.29, 0.717) is 31.5 Å². The molecule has 2 aromatic carbocycles. The van der Waals surface area contributed by atoms with Gasteiger partial charge in [0, 0.05) is 19.0 Å². The predicted molar refractivity (Wildman–Crippen MR) is 121 cm³/mol. The Balaban J connectivity index is 1.28. The van der Waals surface area contributed by atoms with Crippen LogP contribution in [0.5, 0.6) is 5.75 Å². The Hall–Kier alpha value is -3.15. The van der Waals surface area contributed by atoms with Crippen molar-refractivity contribution < 1.29 is 13.9 Å². The van der Waals surface area contributed by atoms with Crippen LogP contribution in [0.2, 0.25) is 0 Å². The predicted octanol–water partition coefficient (Wildman–Crippen LogP) is 4.86. The maximum absolute atomic E-state index is 13.2. The number of likely N-dealkylation sites (tertiary alicyclic amines) is 1. The number of carbonyl (C=O) groups is 1. The molecule has 2 aliphatic rings. The fourth-order valence-corrected chi connectivity index (χ4v) is 5.12. The SMILES string of the molecule is O=C(c1nnc(C2(c3ccccc3)CCCC2)o1)N1CCCC(COc2ccccc2)C1. The number of hydrogen-bond donors (Lipinski definition) is 0. The molecule has 1 saturated heterocycles. The van der Waals surface area contributed by atoms with Crippen LogP contribution in [-0.4, -0.2) is 40.7 Å². The average Bonchev–Trinajstić information content (AvgIpc) is 3.55. The van der Waals surface area contributed by atoms with Crippen LogP contribution in [0.3, 0.4) is 0 Å². The summed E-state index contributed by atoms with van der Waals surface area (Å²) in [6.07, 6.45) is 6.17. The second-order valence-electron chi connectivity index (χ2n) is 8.95. The zero-order valence-corrected chi connectivity index (χ0v) is 18.3. The van der Waals surface area contributed by atoms with E-state index >= 15 is 0 Å². The lowest BCUT2D eigenvalue weighted by molar-refractivity contribution is 0.0591. The zero-order valence-electron chi connectivity index (χ0n) is 18.3. The first-order chi connectivity index (χ1) is 15.7. The molecule has 1 aliphatic carbocycles. The molecule has 5 rings (SSSR count). The molecular formula is C26H29N3O3. The van der Waals surface area contributed by atoms with Crippen LogP contribution in [0.15, 0.2) is 65.1 Å². The Morgan fingerprint density at radius 3 is 2.47 bits per heavy atom. The van der Waals surface area contributed by atoms with Crippen molar-refractivity contribution >= 4 is 5.91 Å². The van der Waals surface area contributed by atoms with E-state index in [4.69, 9.17) is 9.15 Å². The number of carbonyl (C=O) groups excluding carboxylic acids is 1. The summed E-state index contributed by atoms with van der Waals surface area (Å²) >= 11 is 0. The first kappa shape index (κ1) is 20.7. The van der Waals surface area contributed by atoms with Gasteiger partial charge in [0.25, 0.3) is 0 Å². The Morgan fingerprint density at radius 1 is 1.00 bits per heavy atom. The molecule has 6 heteroatoms. The molecule has 6 nitrogen and oxygen atoms in total. The number of nitrogens with zero attached hydrogens (tertiary/aromatic N) is 3. The van der Waals surface area contributed by atoms with Crippen molar-refractivity contribution in [3.05, 3.63) is 78.0 Å². The van der Waals surface area contributed by atoms with E-state index in [1.807, 2.05) is 53.4 Å². The van der Waals surface area contributed by atoms with E-state index in [1.54, 1.807) is 0 Å². The standard InChI is InChI=1S/C26H29N3O3/c30-24(29-17-9-10-20(18-29)19-31-22-13-5-2-6-14-22)23-27-28-25(32-23)26(15-7-8-16-26)21-11-3-1-4-12-21/h1-6,11-14,20H,7-10,15-19H2. The van der Waals surface area contributed by atoms with Gasteiger partial charge in [-0.25, -0.2) is 0 Å². The van der Waals surface area contributed by atoms with E-state index < -0.39 is 0 Å². The van der Waals surface area contributed by atoms with Crippen LogP contribution in [0.4, 0.5) is 0 Å². The van der Waals surface area contributed by atoms with Crippen LogP contribution in [0, 0.1) is 5.92 Å². The van der Waals surface area contributed by atoms with Gasteiger partial charge in [-0.1, -0.05) is 61.4 Å². The maximum atomic E-state index is 13.2. The molecule has 2 heterocycles. The topological polar surface area (TPSA) is 68.5 Å². The third-order valence-electron chi connectivity index (χ3n) is 6.84. The highest BCUT2D eigenvalue weighted by Gasteiger charge is 2.43. The first-order valence-electron chi connectivity index (χ1n) is 11.6.